The highest BCUT2D eigenvalue weighted by molar-refractivity contribution is 5.89. The highest BCUT2D eigenvalue weighted by Crippen LogP contribution is 2.55. The minimum absolute atomic E-state index is 0.0368. The van der Waals surface area contributed by atoms with Crippen molar-refractivity contribution in [3.8, 4) is 11.5 Å². The molecule has 2 N–H and O–H groups in total. The first-order chi connectivity index (χ1) is 18.7. The van der Waals surface area contributed by atoms with Gasteiger partial charge in [0.1, 0.15) is 11.6 Å². The van der Waals surface area contributed by atoms with Gasteiger partial charge in [-0.3, -0.25) is 9.59 Å². The van der Waals surface area contributed by atoms with Crippen molar-refractivity contribution in [2.24, 2.45) is 11.8 Å². The first-order valence-corrected chi connectivity index (χ1v) is 13.9. The molecule has 2 amide bonds. The monoisotopic (exact) mass is 531 g/mol. The maximum atomic E-state index is 13.8. The SMILES string of the molecule is COc1cccc2c1OC(C)(C)[C@@H]1C[C@H]3CN(C(=O)[C@@H](Cc4c[nH]c5ccccc45)NC(C)=O)CC[C@H]3O[C@@H]21. The number of rotatable bonds is 5. The molecule has 8 heteroatoms. The van der Waals surface area contributed by atoms with Crippen molar-refractivity contribution >= 4 is 22.7 Å². The van der Waals surface area contributed by atoms with E-state index in [0.29, 0.717) is 19.5 Å². The zero-order valence-electron chi connectivity index (χ0n) is 23.0. The summed E-state index contributed by atoms with van der Waals surface area (Å²) in [6, 6.07) is 13.4. The van der Waals surface area contributed by atoms with Crippen LogP contribution in [-0.2, 0) is 20.7 Å². The lowest BCUT2D eigenvalue weighted by Crippen LogP contribution is -2.58. The fourth-order valence-corrected chi connectivity index (χ4v) is 6.84. The van der Waals surface area contributed by atoms with Crippen LogP contribution in [0.15, 0.2) is 48.7 Å². The molecule has 6 rings (SSSR count). The molecule has 206 valence electrons. The first-order valence-electron chi connectivity index (χ1n) is 13.9. The van der Waals surface area contributed by atoms with Gasteiger partial charge in [-0.15, -0.1) is 0 Å². The smallest absolute Gasteiger partial charge is 0.245 e. The molecule has 8 nitrogen and oxygen atoms in total. The van der Waals surface area contributed by atoms with Gasteiger partial charge in [0.2, 0.25) is 11.8 Å². The van der Waals surface area contributed by atoms with Gasteiger partial charge in [0.15, 0.2) is 11.5 Å². The predicted molar refractivity (Wildman–Crippen MR) is 148 cm³/mol. The standard InChI is InChI=1S/C31H37N3O5/c1-18(35)33-25(15-19-16-32-24-10-6-5-8-21(19)24)30(36)34-13-12-26-20(17-34)14-23-28(38-26)22-9-7-11-27(37-4)29(22)39-31(23,2)3/h5-11,16,20,23,25-26,28,32H,12-15,17H2,1-4H3,(H,33,35)/t20-,23+,25+,26+,28-/m0/s1. The van der Waals surface area contributed by atoms with Crippen molar-refractivity contribution in [1.29, 1.82) is 0 Å². The third-order valence-electron chi connectivity index (χ3n) is 8.79. The van der Waals surface area contributed by atoms with Gasteiger partial charge in [-0.2, -0.15) is 0 Å². The predicted octanol–water partition coefficient (Wildman–Crippen LogP) is 4.39. The third kappa shape index (κ3) is 4.65. The Morgan fingerprint density at radius 2 is 2.03 bits per heavy atom. The summed E-state index contributed by atoms with van der Waals surface area (Å²) < 4.78 is 18.9. The van der Waals surface area contributed by atoms with Crippen LogP contribution in [0.25, 0.3) is 10.9 Å². The third-order valence-corrected chi connectivity index (χ3v) is 8.79. The second-order valence-electron chi connectivity index (χ2n) is 11.7. The Morgan fingerprint density at radius 1 is 1.21 bits per heavy atom. The van der Waals surface area contributed by atoms with Crippen LogP contribution in [-0.4, -0.2) is 59.6 Å². The summed E-state index contributed by atoms with van der Waals surface area (Å²) in [6.45, 7) is 6.91. The number of hydrogen-bond acceptors (Lipinski definition) is 5. The molecule has 0 aliphatic carbocycles. The Hall–Kier alpha value is -3.52. The molecule has 39 heavy (non-hydrogen) atoms. The molecule has 0 radical (unpaired) electrons. The van der Waals surface area contributed by atoms with Crippen LogP contribution >= 0.6 is 0 Å². The number of amides is 2. The Kier molecular flexibility index (Phi) is 6.53. The summed E-state index contributed by atoms with van der Waals surface area (Å²) in [5, 5.41) is 4.00. The number of carbonyl (C=O) groups excluding carboxylic acids is 2. The molecule has 0 unspecified atom stereocenters. The summed E-state index contributed by atoms with van der Waals surface area (Å²) >= 11 is 0. The zero-order chi connectivity index (χ0) is 27.3. The number of H-pyrrole nitrogens is 1. The molecule has 2 fully saturated rings. The van der Waals surface area contributed by atoms with Crippen LogP contribution < -0.4 is 14.8 Å². The van der Waals surface area contributed by atoms with E-state index in [2.05, 4.69) is 30.2 Å². The molecule has 3 aliphatic rings. The maximum absolute atomic E-state index is 13.8. The minimum Gasteiger partial charge on any atom is -0.493 e. The Bertz CT molecular complexity index is 1400. The van der Waals surface area contributed by atoms with E-state index in [0.717, 1.165) is 46.4 Å². The maximum Gasteiger partial charge on any atom is 0.245 e. The zero-order valence-corrected chi connectivity index (χ0v) is 23.0. The normalized spacial score (nSPS) is 26.0. The number of piperidine rings is 1. The van der Waals surface area contributed by atoms with Crippen molar-refractivity contribution in [2.45, 2.75) is 63.9 Å². The van der Waals surface area contributed by atoms with Crippen LogP contribution in [0.5, 0.6) is 11.5 Å². The van der Waals surface area contributed by atoms with Crippen LogP contribution in [0.2, 0.25) is 0 Å². The van der Waals surface area contributed by atoms with Gasteiger partial charge in [-0.25, -0.2) is 0 Å². The molecular weight excluding hydrogens is 494 g/mol. The van der Waals surface area contributed by atoms with Crippen LogP contribution in [0.1, 0.15) is 50.8 Å². The summed E-state index contributed by atoms with van der Waals surface area (Å²) in [7, 11) is 1.66. The summed E-state index contributed by atoms with van der Waals surface area (Å²) in [6.07, 6.45) is 4.03. The lowest BCUT2D eigenvalue weighted by atomic mass is 9.70. The Morgan fingerprint density at radius 3 is 2.82 bits per heavy atom. The van der Waals surface area contributed by atoms with E-state index in [1.807, 2.05) is 47.5 Å². The van der Waals surface area contributed by atoms with E-state index in [4.69, 9.17) is 14.2 Å². The summed E-state index contributed by atoms with van der Waals surface area (Å²) in [4.78, 5) is 31.1. The number of benzene rings is 2. The highest BCUT2D eigenvalue weighted by Gasteiger charge is 2.52. The average molecular weight is 532 g/mol. The van der Waals surface area contributed by atoms with Gasteiger partial charge in [0, 0.05) is 60.9 Å². The van der Waals surface area contributed by atoms with Gasteiger partial charge in [0.25, 0.3) is 0 Å². The van der Waals surface area contributed by atoms with Crippen molar-refractivity contribution < 1.29 is 23.8 Å². The number of carbonyl (C=O) groups is 2. The van der Waals surface area contributed by atoms with Gasteiger partial charge in [-0.1, -0.05) is 30.3 Å². The van der Waals surface area contributed by atoms with E-state index in [9.17, 15) is 9.59 Å². The van der Waals surface area contributed by atoms with E-state index in [-0.39, 0.29) is 35.9 Å². The molecule has 2 saturated heterocycles. The fraction of sp³-hybridized carbons (Fsp3) is 0.484. The summed E-state index contributed by atoms with van der Waals surface area (Å²) in [5.74, 6) is 1.60. The number of fused-ring (bicyclic) bond motifs is 5. The van der Waals surface area contributed by atoms with E-state index in [1.54, 1.807) is 7.11 Å². The largest absolute Gasteiger partial charge is 0.493 e. The van der Waals surface area contributed by atoms with Gasteiger partial charge >= 0.3 is 0 Å². The lowest BCUT2D eigenvalue weighted by molar-refractivity contribution is -0.189. The number of nitrogens with zero attached hydrogens (tertiary/aromatic N) is 1. The van der Waals surface area contributed by atoms with E-state index < -0.39 is 11.6 Å². The highest BCUT2D eigenvalue weighted by atomic mass is 16.5. The second kappa shape index (κ2) is 9.90. The summed E-state index contributed by atoms with van der Waals surface area (Å²) in [5.41, 5.74) is 2.64. The van der Waals surface area contributed by atoms with Gasteiger partial charge < -0.3 is 29.4 Å². The van der Waals surface area contributed by atoms with Crippen molar-refractivity contribution in [3.63, 3.8) is 0 Å². The average Bonchev–Trinajstić information content (AvgIpc) is 3.33. The Balaban J connectivity index is 1.21. The molecule has 0 bridgehead atoms. The lowest BCUT2D eigenvalue weighted by Gasteiger charge is -2.53. The van der Waals surface area contributed by atoms with Gasteiger partial charge in [0.05, 0.1) is 19.3 Å². The molecule has 1 aromatic heterocycles. The number of aromatic nitrogens is 1. The first kappa shape index (κ1) is 25.7. The molecule has 3 aliphatic heterocycles. The number of hydrogen-bond donors (Lipinski definition) is 2. The van der Waals surface area contributed by atoms with Crippen molar-refractivity contribution in [1.82, 2.24) is 15.2 Å². The molecule has 3 aromatic rings. The number of nitrogens with one attached hydrogen (secondary N) is 2. The van der Waals surface area contributed by atoms with Crippen molar-refractivity contribution in [3.05, 3.63) is 59.8 Å². The molecule has 4 heterocycles. The number of para-hydroxylation sites is 2. The Labute approximate surface area is 229 Å². The van der Waals surface area contributed by atoms with Crippen molar-refractivity contribution in [2.75, 3.05) is 20.2 Å². The van der Waals surface area contributed by atoms with Crippen LogP contribution in [0, 0.1) is 11.8 Å². The van der Waals surface area contributed by atoms with Gasteiger partial charge in [-0.05, 0) is 44.4 Å². The number of likely N-dealkylation sites (tertiary alicyclic amines) is 1. The van der Waals surface area contributed by atoms with E-state index >= 15 is 0 Å². The van der Waals surface area contributed by atoms with E-state index in [1.165, 1.54) is 6.92 Å². The molecule has 5 atom stereocenters. The molecule has 0 saturated carbocycles. The van der Waals surface area contributed by atoms with Crippen LogP contribution in [0.3, 0.4) is 0 Å². The fourth-order valence-electron chi connectivity index (χ4n) is 6.84. The second-order valence-corrected chi connectivity index (χ2v) is 11.7. The molecule has 0 spiro atoms. The minimum atomic E-state index is -0.621. The number of ether oxygens (including phenoxy) is 3. The number of aromatic amines is 1. The number of methoxy groups -OCH3 is 1. The quantitative estimate of drug-likeness (QED) is 0.510. The molecular formula is C31H37N3O5. The van der Waals surface area contributed by atoms with Crippen LogP contribution in [0.4, 0.5) is 0 Å². The molecule has 2 aromatic carbocycles. The topological polar surface area (TPSA) is 92.9 Å².